The van der Waals surface area contributed by atoms with Crippen LogP contribution < -0.4 is 14.4 Å². The molecule has 3 aromatic carbocycles. The van der Waals surface area contributed by atoms with Crippen molar-refractivity contribution in [1.29, 1.82) is 0 Å². The van der Waals surface area contributed by atoms with Crippen LogP contribution in [0.3, 0.4) is 0 Å². The number of amides is 2. The molecule has 0 bridgehead atoms. The topological polar surface area (TPSA) is 96.0 Å². The van der Waals surface area contributed by atoms with Crippen molar-refractivity contribution in [2.75, 3.05) is 24.5 Å². The van der Waals surface area contributed by atoms with Gasteiger partial charge in [-0.05, 0) is 74.4 Å². The maximum atomic E-state index is 13.9. The summed E-state index contributed by atoms with van der Waals surface area (Å²) in [4.78, 5) is 28.2. The van der Waals surface area contributed by atoms with Crippen LogP contribution >= 0.6 is 11.6 Å². The summed E-state index contributed by atoms with van der Waals surface area (Å²) in [7, 11) is -2.68. The lowest BCUT2D eigenvalue weighted by atomic mass is 10.1. The van der Waals surface area contributed by atoms with E-state index in [1.807, 2.05) is 38.1 Å². The average molecular weight is 572 g/mol. The average Bonchev–Trinajstić information content (AvgIpc) is 2.93. The Morgan fingerprint density at radius 1 is 1.03 bits per heavy atom. The smallest absolute Gasteiger partial charge is 0.264 e. The van der Waals surface area contributed by atoms with E-state index in [-0.39, 0.29) is 23.0 Å². The fourth-order valence-corrected chi connectivity index (χ4v) is 5.54. The predicted octanol–water partition coefficient (Wildman–Crippen LogP) is 4.80. The number of carbonyl (C=O) groups excluding carboxylic acids is 2. The molecule has 0 fully saturated rings. The van der Waals surface area contributed by atoms with Gasteiger partial charge < -0.3 is 15.0 Å². The van der Waals surface area contributed by atoms with Crippen molar-refractivity contribution < 1.29 is 22.7 Å². The summed E-state index contributed by atoms with van der Waals surface area (Å²) < 4.78 is 33.8. The minimum Gasteiger partial charge on any atom is -0.497 e. The number of nitrogens with zero attached hydrogens (tertiary/aromatic N) is 2. The normalized spacial score (nSPS) is 11.9. The zero-order chi connectivity index (χ0) is 28.6. The highest BCUT2D eigenvalue weighted by Crippen LogP contribution is 2.27. The molecule has 0 aromatic heterocycles. The molecule has 2 amide bonds. The van der Waals surface area contributed by atoms with Gasteiger partial charge in [-0.15, -0.1) is 0 Å². The van der Waals surface area contributed by atoms with Gasteiger partial charge in [-0.25, -0.2) is 8.42 Å². The summed E-state index contributed by atoms with van der Waals surface area (Å²) >= 11 is 6.06. The number of rotatable bonds is 12. The molecule has 0 radical (unpaired) electrons. The van der Waals surface area contributed by atoms with Gasteiger partial charge in [0.05, 0.1) is 17.7 Å². The minimum absolute atomic E-state index is 0.00924. The van der Waals surface area contributed by atoms with Crippen molar-refractivity contribution >= 4 is 39.1 Å². The van der Waals surface area contributed by atoms with Crippen LogP contribution in [0.4, 0.5) is 5.69 Å². The number of ether oxygens (including phenoxy) is 1. The first-order valence-electron chi connectivity index (χ1n) is 12.6. The van der Waals surface area contributed by atoms with Crippen molar-refractivity contribution in [1.82, 2.24) is 10.2 Å². The lowest BCUT2D eigenvalue weighted by Gasteiger charge is -2.32. The van der Waals surface area contributed by atoms with E-state index < -0.39 is 28.5 Å². The van der Waals surface area contributed by atoms with Gasteiger partial charge in [-0.1, -0.05) is 48.4 Å². The van der Waals surface area contributed by atoms with Crippen molar-refractivity contribution in [3.8, 4) is 5.75 Å². The molecule has 0 unspecified atom stereocenters. The highest BCUT2D eigenvalue weighted by Gasteiger charge is 2.32. The molecule has 0 aliphatic carbocycles. The minimum atomic E-state index is -4.17. The number of methoxy groups -OCH3 is 1. The Morgan fingerprint density at radius 2 is 1.69 bits per heavy atom. The van der Waals surface area contributed by atoms with Crippen molar-refractivity contribution in [2.45, 2.75) is 44.7 Å². The van der Waals surface area contributed by atoms with E-state index in [0.717, 1.165) is 21.9 Å². The first-order valence-corrected chi connectivity index (χ1v) is 14.4. The Hall–Kier alpha value is -3.56. The monoisotopic (exact) mass is 571 g/mol. The van der Waals surface area contributed by atoms with E-state index in [4.69, 9.17) is 16.3 Å². The second kappa shape index (κ2) is 13.5. The molecule has 3 rings (SSSR count). The molecule has 0 saturated heterocycles. The summed E-state index contributed by atoms with van der Waals surface area (Å²) in [5.74, 6) is -0.337. The highest BCUT2D eigenvalue weighted by atomic mass is 35.5. The summed E-state index contributed by atoms with van der Waals surface area (Å²) in [5, 5.41) is 3.26. The second-order valence-corrected chi connectivity index (χ2v) is 11.4. The van der Waals surface area contributed by atoms with Gasteiger partial charge in [0.15, 0.2) is 0 Å². The van der Waals surface area contributed by atoms with Crippen LogP contribution in [0.5, 0.6) is 5.75 Å². The number of halogens is 1. The molecule has 1 N–H and O–H groups in total. The largest absolute Gasteiger partial charge is 0.497 e. The van der Waals surface area contributed by atoms with Crippen LogP contribution in [0.2, 0.25) is 5.02 Å². The maximum absolute atomic E-state index is 13.9. The molecule has 0 aliphatic heterocycles. The summed E-state index contributed by atoms with van der Waals surface area (Å²) in [6.07, 6.45) is 0.745. The number of nitrogens with one attached hydrogen (secondary N) is 1. The van der Waals surface area contributed by atoms with E-state index in [9.17, 15) is 18.0 Å². The number of hydrogen-bond acceptors (Lipinski definition) is 5. The van der Waals surface area contributed by atoms with Crippen molar-refractivity contribution in [2.24, 2.45) is 0 Å². The van der Waals surface area contributed by atoms with E-state index >= 15 is 0 Å². The Kier molecular flexibility index (Phi) is 10.4. The molecule has 10 heteroatoms. The molecule has 3 aromatic rings. The molecule has 0 heterocycles. The number of sulfonamides is 1. The summed E-state index contributed by atoms with van der Waals surface area (Å²) in [6, 6.07) is 18.9. The molecule has 0 aliphatic rings. The second-order valence-electron chi connectivity index (χ2n) is 9.14. The number of benzene rings is 3. The molecule has 208 valence electrons. The highest BCUT2D eigenvalue weighted by molar-refractivity contribution is 7.92. The number of anilines is 1. The Balaban J connectivity index is 2.01. The number of aryl methyl sites for hydroxylation is 1. The molecular weight excluding hydrogens is 538 g/mol. The van der Waals surface area contributed by atoms with Crippen LogP contribution in [0.15, 0.2) is 77.7 Å². The SMILES string of the molecule is CCCNC(=O)[C@@H](C)N(Cc1cccc(C)c1)C(=O)CN(c1ccc(Cl)cc1)S(=O)(=O)c1ccc(OC)cc1. The van der Waals surface area contributed by atoms with Gasteiger partial charge in [-0.2, -0.15) is 0 Å². The van der Waals surface area contributed by atoms with Crippen LogP contribution in [0.1, 0.15) is 31.4 Å². The Morgan fingerprint density at radius 3 is 2.28 bits per heavy atom. The molecule has 0 saturated carbocycles. The molecular formula is C29H34ClN3O5S. The van der Waals surface area contributed by atoms with Crippen LogP contribution in [-0.4, -0.2) is 51.4 Å². The number of carbonyl (C=O) groups is 2. The number of hydrogen-bond donors (Lipinski definition) is 1. The van der Waals surface area contributed by atoms with Gasteiger partial charge in [0, 0.05) is 18.1 Å². The van der Waals surface area contributed by atoms with Gasteiger partial charge in [0.1, 0.15) is 18.3 Å². The van der Waals surface area contributed by atoms with Gasteiger partial charge in [0.25, 0.3) is 10.0 Å². The van der Waals surface area contributed by atoms with Crippen LogP contribution in [0.25, 0.3) is 0 Å². The summed E-state index contributed by atoms with van der Waals surface area (Å²) in [6.45, 7) is 5.61. The van der Waals surface area contributed by atoms with Crippen LogP contribution in [-0.2, 0) is 26.2 Å². The third kappa shape index (κ3) is 7.74. The fourth-order valence-electron chi connectivity index (χ4n) is 4.00. The zero-order valence-electron chi connectivity index (χ0n) is 22.6. The lowest BCUT2D eigenvalue weighted by Crippen LogP contribution is -2.51. The van der Waals surface area contributed by atoms with Gasteiger partial charge >= 0.3 is 0 Å². The van der Waals surface area contributed by atoms with Crippen molar-refractivity contribution in [3.63, 3.8) is 0 Å². The van der Waals surface area contributed by atoms with Crippen LogP contribution in [0, 0.1) is 6.92 Å². The Labute approximate surface area is 235 Å². The zero-order valence-corrected chi connectivity index (χ0v) is 24.1. The third-order valence-corrected chi connectivity index (χ3v) is 8.23. The first-order chi connectivity index (χ1) is 18.6. The Bertz CT molecular complexity index is 1380. The molecule has 39 heavy (non-hydrogen) atoms. The van der Waals surface area contributed by atoms with E-state index in [1.165, 1.54) is 24.1 Å². The third-order valence-electron chi connectivity index (χ3n) is 6.19. The fraction of sp³-hybridized carbons (Fsp3) is 0.310. The maximum Gasteiger partial charge on any atom is 0.264 e. The van der Waals surface area contributed by atoms with Crippen molar-refractivity contribution in [3.05, 3.63) is 88.9 Å². The lowest BCUT2D eigenvalue weighted by molar-refractivity contribution is -0.139. The first kappa shape index (κ1) is 30.0. The molecule has 8 nitrogen and oxygen atoms in total. The quantitative estimate of drug-likeness (QED) is 0.337. The predicted molar refractivity (Wildman–Crippen MR) is 153 cm³/mol. The van der Waals surface area contributed by atoms with E-state index in [1.54, 1.807) is 43.3 Å². The molecule has 0 spiro atoms. The molecule has 1 atom stereocenters. The van der Waals surface area contributed by atoms with E-state index in [2.05, 4.69) is 5.32 Å². The van der Waals surface area contributed by atoms with E-state index in [0.29, 0.717) is 17.3 Å². The standard InChI is InChI=1S/C29H34ClN3O5S/c1-5-17-31-29(35)22(3)32(19-23-8-6-7-21(2)18-23)28(34)20-33(25-11-9-24(30)10-12-25)39(36,37)27-15-13-26(38-4)14-16-27/h6-16,18,22H,5,17,19-20H2,1-4H3,(H,31,35)/t22-/m1/s1. The van der Waals surface area contributed by atoms with Gasteiger partial charge in [0.2, 0.25) is 11.8 Å². The van der Waals surface area contributed by atoms with Gasteiger partial charge in [-0.3, -0.25) is 13.9 Å². The summed E-state index contributed by atoms with van der Waals surface area (Å²) in [5.41, 5.74) is 2.10.